The maximum atomic E-state index is 11.9. The van der Waals surface area contributed by atoms with Crippen molar-refractivity contribution in [3.05, 3.63) is 76.6 Å². The van der Waals surface area contributed by atoms with Crippen LogP contribution in [0, 0.1) is 0 Å². The van der Waals surface area contributed by atoms with Gasteiger partial charge in [-0.25, -0.2) is 9.78 Å². The third kappa shape index (κ3) is 5.46. The van der Waals surface area contributed by atoms with E-state index < -0.39 is 5.97 Å². The van der Waals surface area contributed by atoms with Crippen LogP contribution in [0.4, 0.5) is 0 Å². The smallest absolute Gasteiger partial charge is 0.335 e. The summed E-state index contributed by atoms with van der Waals surface area (Å²) in [7, 11) is 0. The summed E-state index contributed by atoms with van der Waals surface area (Å²) < 4.78 is 5.60. The van der Waals surface area contributed by atoms with Crippen LogP contribution in [0.1, 0.15) is 16.8 Å². The van der Waals surface area contributed by atoms with Gasteiger partial charge in [-0.15, -0.1) is 0 Å². The minimum Gasteiger partial charge on any atom is -0.494 e. The van der Waals surface area contributed by atoms with E-state index in [0.717, 1.165) is 17.7 Å². The number of hydrogen-bond acceptors (Lipinski definition) is 5. The standard InChI is InChI=1S/C20H18N2O4S/c23-18-13-17(14-5-2-1-3-6-14)21-20(22-18)27-12-4-11-26-16-9-7-15(8-10-16)19(24)25/h1-3,5-10,13H,4,11-12H2,(H,24,25)(H,21,22,23). The molecule has 1 aromatic heterocycles. The molecule has 0 fully saturated rings. The third-order valence-electron chi connectivity index (χ3n) is 3.69. The second-order valence-corrected chi connectivity index (χ2v) is 6.77. The zero-order chi connectivity index (χ0) is 19.1. The monoisotopic (exact) mass is 382 g/mol. The molecule has 3 aromatic rings. The lowest BCUT2D eigenvalue weighted by atomic mass is 10.1. The summed E-state index contributed by atoms with van der Waals surface area (Å²) in [6.07, 6.45) is 0.755. The zero-order valence-corrected chi connectivity index (χ0v) is 15.2. The quantitative estimate of drug-likeness (QED) is 0.351. The van der Waals surface area contributed by atoms with Crippen molar-refractivity contribution in [1.29, 1.82) is 0 Å². The van der Waals surface area contributed by atoms with E-state index in [4.69, 9.17) is 9.84 Å². The molecule has 0 unspecified atom stereocenters. The van der Waals surface area contributed by atoms with E-state index in [-0.39, 0.29) is 11.1 Å². The van der Waals surface area contributed by atoms with Crippen molar-refractivity contribution in [2.24, 2.45) is 0 Å². The van der Waals surface area contributed by atoms with Gasteiger partial charge in [-0.3, -0.25) is 4.79 Å². The van der Waals surface area contributed by atoms with Crippen molar-refractivity contribution in [1.82, 2.24) is 9.97 Å². The summed E-state index contributed by atoms with van der Waals surface area (Å²) in [5.41, 5.74) is 1.60. The molecule has 6 nitrogen and oxygen atoms in total. The van der Waals surface area contributed by atoms with Gasteiger partial charge in [0.1, 0.15) is 5.75 Å². The molecule has 0 bridgehead atoms. The van der Waals surface area contributed by atoms with E-state index in [1.807, 2.05) is 30.3 Å². The lowest BCUT2D eigenvalue weighted by Gasteiger charge is -2.07. The van der Waals surface area contributed by atoms with Crippen LogP contribution in [0.25, 0.3) is 11.3 Å². The lowest BCUT2D eigenvalue weighted by molar-refractivity contribution is 0.0697. The van der Waals surface area contributed by atoms with E-state index in [0.29, 0.717) is 23.2 Å². The molecule has 0 aliphatic rings. The number of benzene rings is 2. The summed E-state index contributed by atoms with van der Waals surface area (Å²) in [6, 6.07) is 17.4. The number of hydrogen-bond donors (Lipinski definition) is 2. The number of carboxylic acid groups (broad SMARTS) is 1. The van der Waals surface area contributed by atoms with Gasteiger partial charge < -0.3 is 14.8 Å². The minimum atomic E-state index is -0.961. The Bertz CT molecular complexity index is 956. The number of nitrogens with one attached hydrogen (secondary N) is 1. The Morgan fingerprint density at radius 3 is 2.56 bits per heavy atom. The first-order valence-corrected chi connectivity index (χ1v) is 9.36. The van der Waals surface area contributed by atoms with E-state index in [1.54, 1.807) is 12.1 Å². The first-order valence-electron chi connectivity index (χ1n) is 8.37. The molecule has 0 aliphatic carbocycles. The lowest BCUT2D eigenvalue weighted by Crippen LogP contribution is -2.08. The average molecular weight is 382 g/mol. The molecule has 2 N–H and O–H groups in total. The maximum Gasteiger partial charge on any atom is 0.335 e. The van der Waals surface area contributed by atoms with Gasteiger partial charge in [-0.2, -0.15) is 0 Å². The highest BCUT2D eigenvalue weighted by Crippen LogP contribution is 2.19. The summed E-state index contributed by atoms with van der Waals surface area (Å²) in [5, 5.41) is 9.44. The topological polar surface area (TPSA) is 92.3 Å². The fourth-order valence-electron chi connectivity index (χ4n) is 2.37. The third-order valence-corrected chi connectivity index (χ3v) is 4.65. The summed E-state index contributed by atoms with van der Waals surface area (Å²) in [6.45, 7) is 0.488. The van der Waals surface area contributed by atoms with Gasteiger partial charge in [0.2, 0.25) is 0 Å². The normalized spacial score (nSPS) is 10.5. The van der Waals surface area contributed by atoms with Crippen molar-refractivity contribution in [3.63, 3.8) is 0 Å². The van der Waals surface area contributed by atoms with Gasteiger partial charge in [0, 0.05) is 17.4 Å². The molecule has 0 amide bonds. The highest BCUT2D eigenvalue weighted by atomic mass is 32.2. The molecule has 27 heavy (non-hydrogen) atoms. The van der Waals surface area contributed by atoms with Crippen LogP contribution in [0.15, 0.2) is 70.6 Å². The van der Waals surface area contributed by atoms with Crippen LogP contribution in [-0.2, 0) is 0 Å². The molecule has 0 saturated carbocycles. The molecule has 2 aromatic carbocycles. The first-order chi connectivity index (χ1) is 13.1. The van der Waals surface area contributed by atoms with E-state index >= 15 is 0 Å². The number of H-pyrrole nitrogens is 1. The number of ether oxygens (including phenoxy) is 1. The van der Waals surface area contributed by atoms with Crippen LogP contribution in [0.2, 0.25) is 0 Å². The predicted molar refractivity (Wildman–Crippen MR) is 105 cm³/mol. The van der Waals surface area contributed by atoms with Gasteiger partial charge in [0.15, 0.2) is 5.16 Å². The fourth-order valence-corrected chi connectivity index (χ4v) is 3.16. The van der Waals surface area contributed by atoms with Crippen LogP contribution in [0.3, 0.4) is 0 Å². The molecule has 0 aliphatic heterocycles. The van der Waals surface area contributed by atoms with Gasteiger partial charge >= 0.3 is 5.97 Å². The SMILES string of the molecule is O=C(O)c1ccc(OCCCSc2nc(-c3ccccc3)cc(=O)[nH]2)cc1. The van der Waals surface area contributed by atoms with Crippen molar-refractivity contribution in [2.75, 3.05) is 12.4 Å². The maximum absolute atomic E-state index is 11.9. The molecule has 3 rings (SSSR count). The van der Waals surface area contributed by atoms with Crippen molar-refractivity contribution < 1.29 is 14.6 Å². The molecular formula is C20H18N2O4S. The Hall–Kier alpha value is -3.06. The number of thioether (sulfide) groups is 1. The molecule has 0 spiro atoms. The van der Waals surface area contributed by atoms with Crippen molar-refractivity contribution in [3.8, 4) is 17.0 Å². The summed E-state index contributed by atoms with van der Waals surface area (Å²) in [5.74, 6) is 0.397. The fraction of sp³-hybridized carbons (Fsp3) is 0.150. The summed E-state index contributed by atoms with van der Waals surface area (Å²) in [4.78, 5) is 29.9. The first kappa shape index (κ1) is 18.7. The Balaban J connectivity index is 1.50. The van der Waals surface area contributed by atoms with Crippen LogP contribution >= 0.6 is 11.8 Å². The molecule has 7 heteroatoms. The van der Waals surface area contributed by atoms with Gasteiger partial charge in [0.05, 0.1) is 17.9 Å². The summed E-state index contributed by atoms with van der Waals surface area (Å²) >= 11 is 1.46. The molecular weight excluding hydrogens is 364 g/mol. The van der Waals surface area contributed by atoms with Gasteiger partial charge in [-0.05, 0) is 30.7 Å². The Labute approximate surface area is 160 Å². The number of carbonyl (C=O) groups is 1. The number of rotatable bonds is 8. The molecule has 138 valence electrons. The molecule has 1 heterocycles. The highest BCUT2D eigenvalue weighted by Gasteiger charge is 2.05. The number of carboxylic acids is 1. The van der Waals surface area contributed by atoms with E-state index in [1.165, 1.54) is 30.0 Å². The molecule has 0 saturated heterocycles. The van der Waals surface area contributed by atoms with Crippen LogP contribution in [-0.4, -0.2) is 33.4 Å². The van der Waals surface area contributed by atoms with E-state index in [9.17, 15) is 9.59 Å². The van der Waals surface area contributed by atoms with Crippen LogP contribution < -0.4 is 10.3 Å². The zero-order valence-electron chi connectivity index (χ0n) is 14.4. The highest BCUT2D eigenvalue weighted by molar-refractivity contribution is 7.99. The Morgan fingerprint density at radius 1 is 1.11 bits per heavy atom. The molecule has 0 radical (unpaired) electrons. The number of nitrogens with zero attached hydrogens (tertiary/aromatic N) is 1. The van der Waals surface area contributed by atoms with Gasteiger partial charge in [-0.1, -0.05) is 42.1 Å². The second kappa shape index (κ2) is 9.05. The Kier molecular flexibility index (Phi) is 6.27. The van der Waals surface area contributed by atoms with E-state index in [2.05, 4.69) is 9.97 Å². The number of aromatic carboxylic acids is 1. The predicted octanol–water partition coefficient (Wildman–Crippen LogP) is 3.70. The largest absolute Gasteiger partial charge is 0.494 e. The molecule has 0 atom stereocenters. The number of aromatic amines is 1. The Morgan fingerprint density at radius 2 is 1.85 bits per heavy atom. The van der Waals surface area contributed by atoms with Crippen LogP contribution in [0.5, 0.6) is 5.75 Å². The minimum absolute atomic E-state index is 0.180. The van der Waals surface area contributed by atoms with Crippen molar-refractivity contribution in [2.45, 2.75) is 11.6 Å². The number of aromatic nitrogens is 2. The van der Waals surface area contributed by atoms with Gasteiger partial charge in [0.25, 0.3) is 5.56 Å². The second-order valence-electron chi connectivity index (χ2n) is 5.68. The van der Waals surface area contributed by atoms with Crippen molar-refractivity contribution >= 4 is 17.7 Å². The average Bonchev–Trinajstić information content (AvgIpc) is 2.68.